The summed E-state index contributed by atoms with van der Waals surface area (Å²) in [5.74, 6) is -0.162. The van der Waals surface area contributed by atoms with Crippen LogP contribution in [0.5, 0.6) is 0 Å². The van der Waals surface area contributed by atoms with Gasteiger partial charge in [-0.05, 0) is 26.3 Å². The molecule has 1 saturated heterocycles. The molecule has 0 N–H and O–H groups in total. The number of carbonyl (C=O) groups excluding carboxylic acids is 2. The van der Waals surface area contributed by atoms with E-state index in [4.69, 9.17) is 4.74 Å². The first-order chi connectivity index (χ1) is 10.8. The maximum absolute atomic E-state index is 13.9. The Labute approximate surface area is 140 Å². The molecule has 0 spiro atoms. The third-order valence-corrected chi connectivity index (χ3v) is 5.10. The predicted octanol–water partition coefficient (Wildman–Crippen LogP) is 3.17. The number of halogens is 1. The van der Waals surface area contributed by atoms with Gasteiger partial charge in [0.25, 0.3) is 5.91 Å². The highest BCUT2D eigenvalue weighted by atomic mass is 32.2. The summed E-state index contributed by atoms with van der Waals surface area (Å²) in [4.78, 5) is 25.4. The Morgan fingerprint density at radius 2 is 2.00 bits per heavy atom. The zero-order chi connectivity index (χ0) is 17.0. The number of hydrogen-bond donors (Lipinski definition) is 0. The maximum atomic E-state index is 13.9. The van der Waals surface area contributed by atoms with Crippen molar-refractivity contribution in [3.05, 3.63) is 35.6 Å². The van der Waals surface area contributed by atoms with Gasteiger partial charge in [-0.15, -0.1) is 0 Å². The van der Waals surface area contributed by atoms with Crippen LogP contribution < -0.4 is 0 Å². The quantitative estimate of drug-likeness (QED) is 0.794. The summed E-state index contributed by atoms with van der Waals surface area (Å²) < 4.78 is 19.1. The van der Waals surface area contributed by atoms with Gasteiger partial charge in [0.1, 0.15) is 5.82 Å². The van der Waals surface area contributed by atoms with Crippen molar-refractivity contribution < 1.29 is 18.7 Å². The van der Waals surface area contributed by atoms with Crippen molar-refractivity contribution in [2.45, 2.75) is 38.0 Å². The minimum absolute atomic E-state index is 0.0332. The molecule has 4 nitrogen and oxygen atoms in total. The molecule has 23 heavy (non-hydrogen) atoms. The molecular formula is C17H22FNO3S. The number of amides is 1. The van der Waals surface area contributed by atoms with Crippen LogP contribution in [0.3, 0.4) is 0 Å². The van der Waals surface area contributed by atoms with E-state index in [1.807, 2.05) is 6.07 Å². The Morgan fingerprint density at radius 1 is 1.30 bits per heavy atom. The molecule has 1 atom stereocenters. The molecule has 6 heteroatoms. The first-order valence-electron chi connectivity index (χ1n) is 7.66. The van der Waals surface area contributed by atoms with Gasteiger partial charge in [0, 0.05) is 36.6 Å². The molecule has 1 aromatic rings. The second-order valence-electron chi connectivity index (χ2n) is 6.07. The number of esters is 1. The van der Waals surface area contributed by atoms with E-state index >= 15 is 0 Å². The summed E-state index contributed by atoms with van der Waals surface area (Å²) in [6.07, 6.45) is 0.674. The highest BCUT2D eigenvalue weighted by Gasteiger charge is 2.36. The molecule has 1 aliphatic rings. The molecule has 0 bridgehead atoms. The van der Waals surface area contributed by atoms with Gasteiger partial charge >= 0.3 is 5.97 Å². The topological polar surface area (TPSA) is 46.6 Å². The fourth-order valence-electron chi connectivity index (χ4n) is 2.74. The van der Waals surface area contributed by atoms with Crippen LogP contribution in [0.2, 0.25) is 0 Å². The number of carbonyl (C=O) groups is 2. The maximum Gasteiger partial charge on any atom is 0.303 e. The number of ether oxygens (including phenoxy) is 1. The SMILES string of the molecule is CC(=O)OC(C)(C)C(=O)N1CCS[C@H](c2ccccc2F)CC1. The lowest BCUT2D eigenvalue weighted by Gasteiger charge is -2.30. The van der Waals surface area contributed by atoms with Gasteiger partial charge in [0.15, 0.2) is 5.60 Å². The molecule has 1 aromatic carbocycles. The Kier molecular flexibility index (Phi) is 5.68. The summed E-state index contributed by atoms with van der Waals surface area (Å²) >= 11 is 1.66. The van der Waals surface area contributed by atoms with Crippen molar-refractivity contribution in [2.24, 2.45) is 0 Å². The van der Waals surface area contributed by atoms with Crippen LogP contribution in [0.25, 0.3) is 0 Å². The van der Waals surface area contributed by atoms with Gasteiger partial charge in [0.2, 0.25) is 0 Å². The summed E-state index contributed by atoms with van der Waals surface area (Å²) in [5.41, 5.74) is -0.486. The molecular weight excluding hydrogens is 317 g/mol. The third-order valence-electron chi connectivity index (χ3n) is 3.79. The number of rotatable bonds is 3. The van der Waals surface area contributed by atoms with Gasteiger partial charge in [0.05, 0.1) is 0 Å². The van der Waals surface area contributed by atoms with Crippen molar-refractivity contribution >= 4 is 23.6 Å². The van der Waals surface area contributed by atoms with Crippen molar-refractivity contribution in [3.8, 4) is 0 Å². The first kappa shape index (κ1) is 17.8. The fraction of sp³-hybridized carbons (Fsp3) is 0.529. The number of thioether (sulfide) groups is 1. The van der Waals surface area contributed by atoms with Gasteiger partial charge in [-0.25, -0.2) is 4.39 Å². The summed E-state index contributed by atoms with van der Waals surface area (Å²) in [7, 11) is 0. The van der Waals surface area contributed by atoms with E-state index in [-0.39, 0.29) is 17.0 Å². The van der Waals surface area contributed by atoms with E-state index in [0.717, 1.165) is 5.75 Å². The van der Waals surface area contributed by atoms with Crippen LogP contribution in [-0.2, 0) is 14.3 Å². The van der Waals surface area contributed by atoms with Gasteiger partial charge < -0.3 is 9.64 Å². The third kappa shape index (κ3) is 4.47. The normalized spacial score (nSPS) is 19.1. The predicted molar refractivity (Wildman–Crippen MR) is 88.6 cm³/mol. The second-order valence-corrected chi connectivity index (χ2v) is 7.38. The molecule has 1 fully saturated rings. The highest BCUT2D eigenvalue weighted by Crippen LogP contribution is 2.36. The first-order valence-corrected chi connectivity index (χ1v) is 8.71. The summed E-state index contributed by atoms with van der Waals surface area (Å²) in [6, 6.07) is 6.77. The fourth-order valence-corrected chi connectivity index (χ4v) is 3.99. The molecule has 0 radical (unpaired) electrons. The summed E-state index contributed by atoms with van der Waals surface area (Å²) in [6.45, 7) is 5.59. The Morgan fingerprint density at radius 3 is 2.65 bits per heavy atom. The van der Waals surface area contributed by atoms with Crippen molar-refractivity contribution in [1.82, 2.24) is 4.90 Å². The number of benzene rings is 1. The average Bonchev–Trinajstić information content (AvgIpc) is 2.71. The van der Waals surface area contributed by atoms with Crippen LogP contribution in [0.15, 0.2) is 24.3 Å². The Hall–Kier alpha value is -1.56. The van der Waals surface area contributed by atoms with Crippen LogP contribution >= 0.6 is 11.8 Å². The second kappa shape index (κ2) is 7.34. The lowest BCUT2D eigenvalue weighted by atomic mass is 10.1. The monoisotopic (exact) mass is 339 g/mol. The number of nitrogens with zero attached hydrogens (tertiary/aromatic N) is 1. The Bertz CT molecular complexity index is 591. The molecule has 0 aliphatic carbocycles. The van der Waals surface area contributed by atoms with E-state index in [1.165, 1.54) is 13.0 Å². The standard InChI is InChI=1S/C17H22FNO3S/c1-12(20)22-17(2,3)16(21)19-9-8-15(23-11-10-19)13-6-4-5-7-14(13)18/h4-7,15H,8-11H2,1-3H3/t15-/m0/s1. The lowest BCUT2D eigenvalue weighted by Crippen LogP contribution is -2.48. The van der Waals surface area contributed by atoms with Gasteiger partial charge in [-0.2, -0.15) is 11.8 Å². The molecule has 1 heterocycles. The van der Waals surface area contributed by atoms with Crippen LogP contribution in [0.4, 0.5) is 4.39 Å². The van der Waals surface area contributed by atoms with Crippen molar-refractivity contribution in [2.75, 3.05) is 18.8 Å². The van der Waals surface area contributed by atoms with Gasteiger partial charge in [-0.3, -0.25) is 9.59 Å². The zero-order valence-electron chi connectivity index (χ0n) is 13.7. The molecule has 0 aromatic heterocycles. The van der Waals surface area contributed by atoms with Crippen LogP contribution in [0, 0.1) is 5.82 Å². The molecule has 1 amide bonds. The van der Waals surface area contributed by atoms with Crippen molar-refractivity contribution in [1.29, 1.82) is 0 Å². The van der Waals surface area contributed by atoms with Crippen molar-refractivity contribution in [3.63, 3.8) is 0 Å². The zero-order valence-corrected chi connectivity index (χ0v) is 14.5. The molecule has 0 unspecified atom stereocenters. The summed E-state index contributed by atoms with van der Waals surface area (Å²) in [5, 5.41) is 0.0332. The smallest absolute Gasteiger partial charge is 0.303 e. The van der Waals surface area contributed by atoms with Gasteiger partial charge in [-0.1, -0.05) is 18.2 Å². The van der Waals surface area contributed by atoms with Crippen LogP contribution in [-0.4, -0.2) is 41.2 Å². The van der Waals surface area contributed by atoms with E-state index in [0.29, 0.717) is 25.1 Å². The highest BCUT2D eigenvalue weighted by molar-refractivity contribution is 7.99. The molecule has 0 saturated carbocycles. The molecule has 2 rings (SSSR count). The Balaban J connectivity index is 2.05. The minimum atomic E-state index is -1.17. The van der Waals surface area contributed by atoms with E-state index in [2.05, 4.69) is 0 Å². The molecule has 1 aliphatic heterocycles. The largest absolute Gasteiger partial charge is 0.450 e. The number of hydrogen-bond acceptors (Lipinski definition) is 4. The van der Waals surface area contributed by atoms with Crippen LogP contribution in [0.1, 0.15) is 38.0 Å². The van der Waals surface area contributed by atoms with E-state index in [1.54, 1.807) is 42.6 Å². The van der Waals surface area contributed by atoms with E-state index in [9.17, 15) is 14.0 Å². The average molecular weight is 339 g/mol. The lowest BCUT2D eigenvalue weighted by molar-refractivity contribution is -0.168. The molecule has 126 valence electrons. The minimum Gasteiger partial charge on any atom is -0.450 e. The van der Waals surface area contributed by atoms with E-state index < -0.39 is 11.6 Å².